The van der Waals surface area contributed by atoms with E-state index in [-0.39, 0.29) is 0 Å². The fraction of sp³-hybridized carbons (Fsp3) is 0.400. The summed E-state index contributed by atoms with van der Waals surface area (Å²) >= 11 is 0. The molecule has 0 atom stereocenters. The molecule has 1 aromatic carbocycles. The summed E-state index contributed by atoms with van der Waals surface area (Å²) in [5, 5.41) is 0. The van der Waals surface area contributed by atoms with Crippen LogP contribution in [-0.2, 0) is 0 Å². The normalized spacial score (nSPS) is 14.4. The molecular weight excluding hydrogens is 244 g/mol. The minimum atomic E-state index is 0.467. The number of rotatable bonds is 3. The molecule has 1 saturated carbocycles. The van der Waals surface area contributed by atoms with Crippen LogP contribution in [0.4, 0.5) is 0 Å². The van der Waals surface area contributed by atoms with Crippen LogP contribution < -0.4 is 14.2 Å². The Morgan fingerprint density at radius 1 is 1.21 bits per heavy atom. The smallest absolute Gasteiger partial charge is 0.203 e. The highest BCUT2D eigenvalue weighted by molar-refractivity contribution is 5.87. The molecule has 0 unspecified atom stereocenters. The van der Waals surface area contributed by atoms with E-state index in [2.05, 4.69) is 0 Å². The van der Waals surface area contributed by atoms with Crippen molar-refractivity contribution in [2.75, 3.05) is 20.8 Å². The summed E-state index contributed by atoms with van der Waals surface area (Å²) in [7, 11) is 3.07. The second-order valence-corrected chi connectivity index (χ2v) is 4.34. The zero-order chi connectivity index (χ0) is 13.7. The Kier molecular flexibility index (Phi) is 4.44. The number of benzene rings is 1. The lowest BCUT2D eigenvalue weighted by Crippen LogP contribution is -2.06. The maximum Gasteiger partial charge on any atom is 0.203 e. The first kappa shape index (κ1) is 13.5. The maximum absolute atomic E-state index is 11.0. The van der Waals surface area contributed by atoms with Gasteiger partial charge in [-0.2, -0.15) is 0 Å². The highest BCUT2D eigenvalue weighted by atomic mass is 16.5. The van der Waals surface area contributed by atoms with Gasteiger partial charge in [-0.1, -0.05) is 25.3 Å². The van der Waals surface area contributed by atoms with E-state index in [4.69, 9.17) is 14.2 Å². The van der Waals surface area contributed by atoms with Gasteiger partial charge in [0, 0.05) is 11.1 Å². The average molecular weight is 262 g/mol. The van der Waals surface area contributed by atoms with Crippen LogP contribution in [0.25, 0.3) is 6.08 Å². The van der Waals surface area contributed by atoms with Crippen LogP contribution in [0.2, 0.25) is 0 Å². The first-order valence-electron chi connectivity index (χ1n) is 6.35. The molecule has 4 heteroatoms. The molecule has 19 heavy (non-hydrogen) atoms. The zero-order valence-corrected chi connectivity index (χ0v) is 11.3. The molecule has 4 nitrogen and oxygen atoms in total. The van der Waals surface area contributed by atoms with Crippen LogP contribution in [0.1, 0.15) is 35.2 Å². The van der Waals surface area contributed by atoms with Crippen molar-refractivity contribution in [3.8, 4) is 17.2 Å². The van der Waals surface area contributed by atoms with Gasteiger partial charge in [-0.05, 0) is 12.1 Å². The molecule has 102 valence electrons. The third kappa shape index (κ3) is 3.08. The summed E-state index contributed by atoms with van der Waals surface area (Å²) in [4.78, 5) is 11.0. The molecule has 2 aliphatic rings. The van der Waals surface area contributed by atoms with Crippen molar-refractivity contribution < 1.29 is 19.0 Å². The fourth-order valence-corrected chi connectivity index (χ4v) is 1.70. The molecule has 1 heterocycles. The fourth-order valence-electron chi connectivity index (χ4n) is 1.70. The molecule has 0 N–H and O–H groups in total. The zero-order valence-electron chi connectivity index (χ0n) is 11.3. The predicted octanol–water partition coefficient (Wildman–Crippen LogP) is 3.09. The lowest BCUT2D eigenvalue weighted by Gasteiger charge is -2.19. The quantitative estimate of drug-likeness (QED) is 0.785. The van der Waals surface area contributed by atoms with E-state index in [1.807, 2.05) is 12.2 Å². The van der Waals surface area contributed by atoms with Gasteiger partial charge in [0.1, 0.15) is 6.61 Å². The van der Waals surface area contributed by atoms with Crippen LogP contribution in [0, 0.1) is 0 Å². The Balaban J connectivity index is 0.000000390. The van der Waals surface area contributed by atoms with Crippen LogP contribution in [0.5, 0.6) is 17.2 Å². The number of carbonyl (C=O) groups is 1. The van der Waals surface area contributed by atoms with Gasteiger partial charge < -0.3 is 14.2 Å². The first-order chi connectivity index (χ1) is 9.31. The second-order valence-electron chi connectivity index (χ2n) is 4.34. The largest absolute Gasteiger partial charge is 0.493 e. The lowest BCUT2D eigenvalue weighted by atomic mass is 10.0. The molecule has 3 rings (SSSR count). The Morgan fingerprint density at radius 3 is 2.47 bits per heavy atom. The minimum Gasteiger partial charge on any atom is -0.493 e. The molecule has 1 fully saturated rings. The van der Waals surface area contributed by atoms with Crippen molar-refractivity contribution in [2.45, 2.75) is 19.3 Å². The summed E-state index contributed by atoms with van der Waals surface area (Å²) in [6, 6.07) is 1.64. The molecule has 1 aliphatic carbocycles. The third-order valence-electron chi connectivity index (χ3n) is 2.79. The molecule has 0 saturated heterocycles. The van der Waals surface area contributed by atoms with Crippen molar-refractivity contribution >= 4 is 12.4 Å². The van der Waals surface area contributed by atoms with Gasteiger partial charge in [0.05, 0.1) is 14.2 Å². The maximum atomic E-state index is 11.0. The van der Waals surface area contributed by atoms with Crippen LogP contribution in [-0.4, -0.2) is 27.1 Å². The molecule has 1 aliphatic heterocycles. The van der Waals surface area contributed by atoms with Gasteiger partial charge >= 0.3 is 0 Å². The Bertz CT molecular complexity index is 487. The Labute approximate surface area is 113 Å². The molecule has 0 amide bonds. The third-order valence-corrected chi connectivity index (χ3v) is 2.79. The van der Waals surface area contributed by atoms with Gasteiger partial charge in [0.25, 0.3) is 0 Å². The number of fused-ring (bicyclic) bond motifs is 1. The number of hydrogen-bond donors (Lipinski definition) is 0. The first-order valence-corrected chi connectivity index (χ1v) is 6.35. The van der Waals surface area contributed by atoms with Gasteiger partial charge in [-0.25, -0.2) is 0 Å². The number of carbonyl (C=O) groups excluding carboxylic acids is 1. The van der Waals surface area contributed by atoms with Crippen molar-refractivity contribution in [2.24, 2.45) is 0 Å². The van der Waals surface area contributed by atoms with E-state index in [9.17, 15) is 4.79 Å². The monoisotopic (exact) mass is 262 g/mol. The number of methoxy groups -OCH3 is 2. The highest BCUT2D eigenvalue weighted by Crippen LogP contribution is 2.43. The minimum absolute atomic E-state index is 0.467. The van der Waals surface area contributed by atoms with E-state index in [1.165, 1.54) is 26.4 Å². The number of ether oxygens (including phenoxy) is 3. The topological polar surface area (TPSA) is 44.8 Å². The molecule has 0 spiro atoms. The van der Waals surface area contributed by atoms with Gasteiger partial charge in [0.15, 0.2) is 17.8 Å². The van der Waals surface area contributed by atoms with Crippen molar-refractivity contribution in [3.05, 3.63) is 23.3 Å². The summed E-state index contributed by atoms with van der Waals surface area (Å²) < 4.78 is 15.9. The van der Waals surface area contributed by atoms with Gasteiger partial charge in [-0.15, -0.1) is 0 Å². The molecule has 0 bridgehead atoms. The predicted molar refractivity (Wildman–Crippen MR) is 73.3 cm³/mol. The highest BCUT2D eigenvalue weighted by Gasteiger charge is 2.20. The Morgan fingerprint density at radius 2 is 1.95 bits per heavy atom. The van der Waals surface area contributed by atoms with Crippen molar-refractivity contribution in [3.63, 3.8) is 0 Å². The SMILES string of the molecule is C1CC1.COc1cc(C=O)c2c(c1OC)OCC=C2. The molecule has 1 aromatic rings. The molecule has 0 aromatic heterocycles. The van der Waals surface area contributed by atoms with E-state index in [1.54, 1.807) is 13.2 Å². The van der Waals surface area contributed by atoms with Crippen LogP contribution in [0.3, 0.4) is 0 Å². The average Bonchev–Trinajstić information content (AvgIpc) is 3.33. The van der Waals surface area contributed by atoms with Gasteiger partial charge in [0.2, 0.25) is 5.75 Å². The summed E-state index contributed by atoms with van der Waals surface area (Å²) in [5.74, 6) is 1.58. The summed E-state index contributed by atoms with van der Waals surface area (Å²) in [6.45, 7) is 0.467. The van der Waals surface area contributed by atoms with E-state index in [0.29, 0.717) is 29.4 Å². The molecular formula is C15H18O4. The van der Waals surface area contributed by atoms with Crippen molar-refractivity contribution in [1.29, 1.82) is 0 Å². The summed E-state index contributed by atoms with van der Waals surface area (Å²) in [5.41, 5.74) is 1.27. The standard InChI is InChI=1S/C12H12O4.C3H6/c1-14-10-6-8(7-13)9-4-3-5-16-11(9)12(10)15-2;1-2-3-1/h3-4,6-7H,5H2,1-2H3;1-3H2. The van der Waals surface area contributed by atoms with E-state index in [0.717, 1.165) is 11.8 Å². The Hall–Kier alpha value is -1.97. The van der Waals surface area contributed by atoms with Crippen LogP contribution >= 0.6 is 0 Å². The van der Waals surface area contributed by atoms with E-state index < -0.39 is 0 Å². The van der Waals surface area contributed by atoms with Crippen molar-refractivity contribution in [1.82, 2.24) is 0 Å². The second kappa shape index (κ2) is 6.27. The number of hydrogen-bond acceptors (Lipinski definition) is 4. The van der Waals surface area contributed by atoms with Crippen LogP contribution in [0.15, 0.2) is 12.1 Å². The summed E-state index contributed by atoms with van der Waals surface area (Å²) in [6.07, 6.45) is 8.98. The number of aldehydes is 1. The molecule has 0 radical (unpaired) electrons. The lowest BCUT2D eigenvalue weighted by molar-refractivity contribution is 0.112. The van der Waals surface area contributed by atoms with Gasteiger partial charge in [-0.3, -0.25) is 4.79 Å². The van der Waals surface area contributed by atoms with E-state index >= 15 is 0 Å².